The molecule has 0 saturated carbocycles. The van der Waals surface area contributed by atoms with Crippen LogP contribution in [0.25, 0.3) is 0 Å². The molecule has 2 unspecified atom stereocenters. The van der Waals surface area contributed by atoms with E-state index in [1.54, 1.807) is 13.2 Å². The molecule has 0 aliphatic heterocycles. The molecular weight excluding hydrogens is 245 g/mol. The lowest BCUT2D eigenvalue weighted by Gasteiger charge is -2.13. The molecule has 0 spiro atoms. The second kappa shape index (κ2) is 5.77. The first-order valence-electron chi connectivity index (χ1n) is 5.00. The normalized spacial score (nSPS) is 14.1. The summed E-state index contributed by atoms with van der Waals surface area (Å²) in [7, 11) is -0.990. The van der Waals surface area contributed by atoms with Crippen molar-refractivity contribution in [3.8, 4) is 0 Å². The van der Waals surface area contributed by atoms with Crippen molar-refractivity contribution in [3.63, 3.8) is 0 Å². The average molecular weight is 259 g/mol. The Bertz CT molecular complexity index is 450. The number of hydrogen-bond donors (Lipinski definition) is 2. The minimum Gasteiger partial charge on any atom is -0.478 e. The van der Waals surface area contributed by atoms with Crippen LogP contribution in [0.5, 0.6) is 0 Å². The first kappa shape index (κ1) is 13.6. The number of nitrogens with one attached hydrogen (secondary N) is 1. The summed E-state index contributed by atoms with van der Waals surface area (Å²) in [4.78, 5) is 10.9. The van der Waals surface area contributed by atoms with Crippen LogP contribution in [0.3, 0.4) is 0 Å². The van der Waals surface area contributed by atoms with Crippen molar-refractivity contribution >= 4 is 22.5 Å². The predicted octanol–water partition coefficient (Wildman–Crippen LogP) is 1.70. The van der Waals surface area contributed by atoms with Crippen LogP contribution in [0.15, 0.2) is 18.2 Å². The van der Waals surface area contributed by atoms with E-state index in [1.165, 1.54) is 12.1 Å². The van der Waals surface area contributed by atoms with Crippen molar-refractivity contribution in [2.24, 2.45) is 0 Å². The standard InChI is InChI=1S/C11H14FNO3S/c1-7(17(2)16)6-13-10-4-3-8(12)5-9(10)11(14)15/h3-5,7,13H,6H2,1-2H3,(H,14,15). The largest absolute Gasteiger partial charge is 0.478 e. The molecule has 2 atom stereocenters. The monoisotopic (exact) mass is 259 g/mol. The second-order valence-corrected chi connectivity index (χ2v) is 5.49. The van der Waals surface area contributed by atoms with Gasteiger partial charge in [-0.15, -0.1) is 0 Å². The fraction of sp³-hybridized carbons (Fsp3) is 0.364. The maximum absolute atomic E-state index is 12.9. The first-order chi connectivity index (χ1) is 7.91. The molecule has 0 fully saturated rings. The van der Waals surface area contributed by atoms with Gasteiger partial charge in [0.15, 0.2) is 0 Å². The summed E-state index contributed by atoms with van der Waals surface area (Å²) < 4.78 is 24.0. The van der Waals surface area contributed by atoms with E-state index in [2.05, 4.69) is 5.32 Å². The molecule has 0 aliphatic rings. The molecule has 0 radical (unpaired) electrons. The van der Waals surface area contributed by atoms with E-state index in [4.69, 9.17) is 5.11 Å². The molecule has 0 bridgehead atoms. The minimum absolute atomic E-state index is 0.110. The van der Waals surface area contributed by atoms with Gasteiger partial charge in [0.1, 0.15) is 5.82 Å². The second-order valence-electron chi connectivity index (χ2n) is 3.69. The predicted molar refractivity (Wildman–Crippen MR) is 65.4 cm³/mol. The van der Waals surface area contributed by atoms with Gasteiger partial charge < -0.3 is 10.4 Å². The zero-order chi connectivity index (χ0) is 13.0. The molecule has 2 N–H and O–H groups in total. The molecule has 6 heteroatoms. The summed E-state index contributed by atoms with van der Waals surface area (Å²) in [5, 5.41) is 11.7. The highest BCUT2D eigenvalue weighted by molar-refractivity contribution is 7.84. The number of anilines is 1. The maximum Gasteiger partial charge on any atom is 0.337 e. The number of hydrogen-bond acceptors (Lipinski definition) is 3. The van der Waals surface area contributed by atoms with Crippen LogP contribution < -0.4 is 5.32 Å². The Morgan fingerprint density at radius 2 is 2.24 bits per heavy atom. The molecule has 4 nitrogen and oxygen atoms in total. The summed E-state index contributed by atoms with van der Waals surface area (Å²) in [5.41, 5.74) is 0.204. The smallest absolute Gasteiger partial charge is 0.337 e. The van der Waals surface area contributed by atoms with E-state index in [1.807, 2.05) is 0 Å². The number of carbonyl (C=O) groups is 1. The molecule has 94 valence electrons. The van der Waals surface area contributed by atoms with E-state index in [0.717, 1.165) is 6.07 Å². The molecule has 1 rings (SSSR count). The third-order valence-corrected chi connectivity index (χ3v) is 3.66. The molecule has 0 amide bonds. The maximum atomic E-state index is 12.9. The number of halogens is 1. The molecule has 1 aromatic carbocycles. The van der Waals surface area contributed by atoms with Crippen LogP contribution in [0.4, 0.5) is 10.1 Å². The Hall–Kier alpha value is -1.43. The first-order valence-corrected chi connectivity index (χ1v) is 6.63. The Balaban J connectivity index is 2.84. The highest BCUT2D eigenvalue weighted by Gasteiger charge is 2.12. The van der Waals surface area contributed by atoms with Crippen LogP contribution >= 0.6 is 0 Å². The lowest BCUT2D eigenvalue weighted by molar-refractivity contribution is 0.0697. The number of carboxylic acid groups (broad SMARTS) is 1. The van der Waals surface area contributed by atoms with Gasteiger partial charge in [0, 0.05) is 34.5 Å². The number of benzene rings is 1. The number of aromatic carboxylic acids is 1. The lowest BCUT2D eigenvalue weighted by atomic mass is 10.1. The van der Waals surface area contributed by atoms with Gasteiger partial charge in [-0.2, -0.15) is 0 Å². The van der Waals surface area contributed by atoms with Crippen LogP contribution in [0.2, 0.25) is 0 Å². The Morgan fingerprint density at radius 1 is 1.59 bits per heavy atom. The van der Waals surface area contributed by atoms with Crippen molar-refractivity contribution in [2.45, 2.75) is 12.2 Å². The summed E-state index contributed by atoms with van der Waals surface area (Å²) >= 11 is 0. The SMILES string of the molecule is CC(CNc1ccc(F)cc1C(=O)O)S(C)=O. The van der Waals surface area contributed by atoms with Crippen molar-refractivity contribution in [1.82, 2.24) is 0 Å². The van der Waals surface area contributed by atoms with Gasteiger partial charge in [-0.3, -0.25) is 4.21 Å². The summed E-state index contributed by atoms with van der Waals surface area (Å²) in [6.07, 6.45) is 1.58. The van der Waals surface area contributed by atoms with Crippen LogP contribution in [-0.2, 0) is 10.8 Å². The van der Waals surface area contributed by atoms with E-state index >= 15 is 0 Å². The quantitative estimate of drug-likeness (QED) is 0.844. The molecule has 0 aromatic heterocycles. The topological polar surface area (TPSA) is 66.4 Å². The fourth-order valence-corrected chi connectivity index (χ4v) is 1.54. The van der Waals surface area contributed by atoms with E-state index < -0.39 is 22.6 Å². The molecule has 0 aliphatic carbocycles. The van der Waals surface area contributed by atoms with Gasteiger partial charge in [-0.25, -0.2) is 9.18 Å². The molecular formula is C11H14FNO3S. The Morgan fingerprint density at radius 3 is 2.76 bits per heavy atom. The Kier molecular flexibility index (Phi) is 4.62. The van der Waals surface area contributed by atoms with Crippen molar-refractivity contribution in [1.29, 1.82) is 0 Å². The third-order valence-electron chi connectivity index (χ3n) is 2.36. The van der Waals surface area contributed by atoms with E-state index in [9.17, 15) is 13.4 Å². The minimum atomic E-state index is -1.20. The van der Waals surface area contributed by atoms with Gasteiger partial charge in [-0.1, -0.05) is 0 Å². The highest BCUT2D eigenvalue weighted by Crippen LogP contribution is 2.17. The van der Waals surface area contributed by atoms with E-state index in [-0.39, 0.29) is 10.8 Å². The van der Waals surface area contributed by atoms with Gasteiger partial charge in [0.25, 0.3) is 0 Å². The lowest BCUT2D eigenvalue weighted by Crippen LogP contribution is -2.21. The van der Waals surface area contributed by atoms with Crippen LogP contribution in [0.1, 0.15) is 17.3 Å². The number of carboxylic acids is 1. The van der Waals surface area contributed by atoms with Gasteiger partial charge in [0.05, 0.1) is 5.56 Å². The molecule has 0 heterocycles. The van der Waals surface area contributed by atoms with Gasteiger partial charge in [0.2, 0.25) is 0 Å². The Labute approximate surface area is 101 Å². The third kappa shape index (κ3) is 3.81. The van der Waals surface area contributed by atoms with Crippen LogP contribution in [0, 0.1) is 5.82 Å². The van der Waals surface area contributed by atoms with Crippen molar-refractivity contribution in [2.75, 3.05) is 18.1 Å². The summed E-state index contributed by atoms with van der Waals surface area (Å²) in [6.45, 7) is 2.15. The average Bonchev–Trinajstić information content (AvgIpc) is 2.26. The molecule has 17 heavy (non-hydrogen) atoms. The zero-order valence-electron chi connectivity index (χ0n) is 9.57. The molecule has 1 aromatic rings. The highest BCUT2D eigenvalue weighted by atomic mass is 32.2. The van der Waals surface area contributed by atoms with Gasteiger partial charge in [-0.05, 0) is 25.1 Å². The van der Waals surface area contributed by atoms with Crippen molar-refractivity contribution < 1.29 is 18.5 Å². The zero-order valence-corrected chi connectivity index (χ0v) is 10.4. The molecule has 0 saturated heterocycles. The van der Waals surface area contributed by atoms with E-state index in [0.29, 0.717) is 12.2 Å². The van der Waals surface area contributed by atoms with Crippen LogP contribution in [-0.4, -0.2) is 33.3 Å². The summed E-state index contributed by atoms with van der Waals surface area (Å²) in [6, 6.07) is 3.50. The van der Waals surface area contributed by atoms with Gasteiger partial charge >= 0.3 is 5.97 Å². The summed E-state index contributed by atoms with van der Waals surface area (Å²) in [5.74, 6) is -1.79. The fourth-order valence-electron chi connectivity index (χ4n) is 1.22. The van der Waals surface area contributed by atoms with Crippen molar-refractivity contribution in [3.05, 3.63) is 29.6 Å². The number of rotatable bonds is 5.